The smallest absolute Gasteiger partial charge is 0.463 e. The topological polar surface area (TPSA) is 102 Å². The molecule has 0 aromatic rings. The normalized spacial score (nSPS) is 13.8. The van der Waals surface area contributed by atoms with Crippen molar-refractivity contribution in [1.82, 2.24) is 0 Å². The molecular formula is C17H40O9Si2. The Morgan fingerprint density at radius 2 is 1.18 bits per heavy atom. The molecule has 0 aromatic heterocycles. The lowest BCUT2D eigenvalue weighted by Gasteiger charge is -2.38. The number of aliphatic hydroxyl groups is 1. The molecule has 1 N–H and O–H groups in total. The summed E-state index contributed by atoms with van der Waals surface area (Å²) in [4.78, 5) is 12.0. The van der Waals surface area contributed by atoms with Crippen molar-refractivity contribution in [2.75, 3.05) is 55.9 Å². The Kier molecular flexibility index (Phi) is 14.7. The second kappa shape index (κ2) is 13.8. The van der Waals surface area contributed by atoms with E-state index in [1.165, 1.54) is 21.3 Å². The molecule has 0 bridgehead atoms. The summed E-state index contributed by atoms with van der Waals surface area (Å²) < 4.78 is 36.7. The molecule has 0 saturated heterocycles. The van der Waals surface area contributed by atoms with Crippen molar-refractivity contribution in [2.24, 2.45) is 5.41 Å². The molecule has 0 heterocycles. The molecule has 0 rings (SSSR count). The SMILES string of the molecule is CO[Si](OC)(OC)C(C)C.CO[Si](OC)(OC)C(C)C(C)(C)C(=O)OCCO. The van der Waals surface area contributed by atoms with Crippen LogP contribution < -0.4 is 0 Å². The van der Waals surface area contributed by atoms with Crippen molar-refractivity contribution in [3.05, 3.63) is 0 Å². The quantitative estimate of drug-likeness (QED) is 0.358. The molecule has 0 fully saturated rings. The van der Waals surface area contributed by atoms with E-state index in [2.05, 4.69) is 0 Å². The van der Waals surface area contributed by atoms with Crippen LogP contribution in [0, 0.1) is 5.41 Å². The molecule has 170 valence electrons. The highest BCUT2D eigenvalue weighted by Crippen LogP contribution is 2.41. The van der Waals surface area contributed by atoms with E-state index in [1.54, 1.807) is 35.2 Å². The summed E-state index contributed by atoms with van der Waals surface area (Å²) in [5, 5.41) is 8.68. The number of rotatable bonds is 12. The van der Waals surface area contributed by atoms with Gasteiger partial charge in [0, 0.05) is 53.7 Å². The maximum atomic E-state index is 12.0. The number of esters is 1. The minimum Gasteiger partial charge on any atom is -0.463 e. The predicted molar refractivity (Wildman–Crippen MR) is 110 cm³/mol. The van der Waals surface area contributed by atoms with Gasteiger partial charge in [0.2, 0.25) is 0 Å². The largest absolute Gasteiger partial charge is 0.504 e. The zero-order chi connectivity index (χ0) is 22.6. The highest BCUT2D eigenvalue weighted by Gasteiger charge is 2.55. The van der Waals surface area contributed by atoms with Gasteiger partial charge in [-0.1, -0.05) is 20.8 Å². The van der Waals surface area contributed by atoms with Crippen LogP contribution >= 0.6 is 0 Å². The van der Waals surface area contributed by atoms with Crippen LogP contribution in [-0.4, -0.2) is 84.6 Å². The first-order valence-corrected chi connectivity index (χ1v) is 12.6. The fourth-order valence-electron chi connectivity index (χ4n) is 2.68. The lowest BCUT2D eigenvalue weighted by Crippen LogP contribution is -2.53. The van der Waals surface area contributed by atoms with Crippen molar-refractivity contribution < 1.29 is 41.2 Å². The molecule has 1 atom stereocenters. The first-order valence-electron chi connectivity index (χ1n) is 9.04. The monoisotopic (exact) mass is 444 g/mol. The lowest BCUT2D eigenvalue weighted by atomic mass is 9.90. The fourth-order valence-corrected chi connectivity index (χ4v) is 7.16. The summed E-state index contributed by atoms with van der Waals surface area (Å²) in [5.41, 5.74) is -0.799. The molecule has 11 heteroatoms. The van der Waals surface area contributed by atoms with E-state index in [1.807, 2.05) is 20.8 Å². The second-order valence-corrected chi connectivity index (χ2v) is 13.8. The summed E-state index contributed by atoms with van der Waals surface area (Å²) in [5.74, 6) is -0.410. The molecule has 0 aliphatic rings. The van der Waals surface area contributed by atoms with Gasteiger partial charge in [-0.15, -0.1) is 0 Å². The summed E-state index contributed by atoms with van der Waals surface area (Å²) in [6.45, 7) is 9.18. The highest BCUT2D eigenvalue weighted by atomic mass is 28.4. The molecule has 0 spiro atoms. The Bertz CT molecular complexity index is 408. The minimum absolute atomic E-state index is 0.0174. The maximum Gasteiger partial charge on any atom is 0.504 e. The van der Waals surface area contributed by atoms with Crippen LogP contribution in [0.4, 0.5) is 0 Å². The Morgan fingerprint density at radius 3 is 1.39 bits per heavy atom. The molecule has 0 aliphatic heterocycles. The molecule has 9 nitrogen and oxygen atoms in total. The van der Waals surface area contributed by atoms with Gasteiger partial charge < -0.3 is 36.4 Å². The van der Waals surface area contributed by atoms with E-state index in [-0.39, 0.29) is 18.8 Å². The molecule has 0 radical (unpaired) electrons. The van der Waals surface area contributed by atoms with Gasteiger partial charge in [-0.3, -0.25) is 4.79 Å². The van der Waals surface area contributed by atoms with E-state index in [9.17, 15) is 4.79 Å². The molecule has 28 heavy (non-hydrogen) atoms. The number of aliphatic hydroxyl groups excluding tert-OH is 1. The van der Waals surface area contributed by atoms with E-state index in [0.29, 0.717) is 5.54 Å². The predicted octanol–water partition coefficient (Wildman–Crippen LogP) is 2.09. The summed E-state index contributed by atoms with van der Waals surface area (Å²) >= 11 is 0. The highest BCUT2D eigenvalue weighted by molar-refractivity contribution is 6.62. The number of carbonyl (C=O) groups excluding carboxylic acids is 1. The van der Waals surface area contributed by atoms with Crippen molar-refractivity contribution in [3.8, 4) is 0 Å². The standard InChI is InChI=1S/C11H24O6Si.C6H16O3Si/c1-9(18(14-4,15-5)16-6)11(2,3)10(13)17-8-7-12;1-6(2)10(7-3,8-4)9-5/h9,12H,7-8H2,1-6H3;6H,1-5H3. The number of carbonyl (C=O) groups is 1. The van der Waals surface area contributed by atoms with E-state index < -0.39 is 29.0 Å². The van der Waals surface area contributed by atoms with Crippen LogP contribution in [0.15, 0.2) is 0 Å². The average molecular weight is 445 g/mol. The molecule has 1 unspecified atom stereocenters. The lowest BCUT2D eigenvalue weighted by molar-refractivity contribution is -0.156. The Labute approximate surface area is 172 Å². The van der Waals surface area contributed by atoms with E-state index >= 15 is 0 Å². The molecule has 0 saturated carbocycles. The molecule has 0 amide bonds. The van der Waals surface area contributed by atoms with Gasteiger partial charge in [-0.25, -0.2) is 0 Å². The fraction of sp³-hybridized carbons (Fsp3) is 0.941. The second-order valence-electron chi connectivity index (χ2n) is 6.89. The van der Waals surface area contributed by atoms with Gasteiger partial charge in [0.25, 0.3) is 0 Å². The van der Waals surface area contributed by atoms with Gasteiger partial charge >= 0.3 is 23.6 Å². The summed E-state index contributed by atoms with van der Waals surface area (Å²) in [7, 11) is 4.17. The zero-order valence-electron chi connectivity index (χ0n) is 19.3. The van der Waals surface area contributed by atoms with Crippen LogP contribution in [0.3, 0.4) is 0 Å². The van der Waals surface area contributed by atoms with Crippen molar-refractivity contribution in [2.45, 2.75) is 45.7 Å². The van der Waals surface area contributed by atoms with Gasteiger partial charge in [-0.05, 0) is 13.8 Å². The number of ether oxygens (including phenoxy) is 1. The number of hydrogen-bond donors (Lipinski definition) is 1. The summed E-state index contributed by atoms with van der Waals surface area (Å²) in [6.07, 6.45) is 0. The van der Waals surface area contributed by atoms with Crippen molar-refractivity contribution >= 4 is 23.6 Å². The van der Waals surface area contributed by atoms with Gasteiger partial charge in [0.1, 0.15) is 6.61 Å². The molecule has 0 aromatic carbocycles. The van der Waals surface area contributed by atoms with Crippen LogP contribution in [0.5, 0.6) is 0 Å². The van der Waals surface area contributed by atoms with Crippen LogP contribution in [-0.2, 0) is 36.1 Å². The Morgan fingerprint density at radius 1 is 0.821 bits per heavy atom. The van der Waals surface area contributed by atoms with Crippen LogP contribution in [0.2, 0.25) is 11.1 Å². The Hall–Kier alpha value is -0.376. The third kappa shape index (κ3) is 7.46. The van der Waals surface area contributed by atoms with Crippen molar-refractivity contribution in [1.29, 1.82) is 0 Å². The minimum atomic E-state index is -2.92. The first kappa shape index (κ1) is 29.8. The average Bonchev–Trinajstić information content (AvgIpc) is 2.69. The summed E-state index contributed by atoms with van der Waals surface area (Å²) in [6, 6.07) is 0. The van der Waals surface area contributed by atoms with Crippen molar-refractivity contribution in [3.63, 3.8) is 0 Å². The van der Waals surface area contributed by atoms with Crippen LogP contribution in [0.1, 0.15) is 34.6 Å². The first-order chi connectivity index (χ1) is 12.9. The maximum absolute atomic E-state index is 12.0. The van der Waals surface area contributed by atoms with E-state index in [0.717, 1.165) is 0 Å². The number of hydrogen-bond acceptors (Lipinski definition) is 9. The van der Waals surface area contributed by atoms with E-state index in [4.69, 9.17) is 36.4 Å². The van der Waals surface area contributed by atoms with Gasteiger partial charge in [-0.2, -0.15) is 0 Å². The third-order valence-electron chi connectivity index (χ3n) is 4.88. The third-order valence-corrected chi connectivity index (χ3v) is 11.5. The van der Waals surface area contributed by atoms with Gasteiger partial charge in [0.05, 0.1) is 12.0 Å². The molecular weight excluding hydrogens is 404 g/mol. The zero-order valence-corrected chi connectivity index (χ0v) is 21.3. The molecule has 0 aliphatic carbocycles. The Balaban J connectivity index is 0. The van der Waals surface area contributed by atoms with Gasteiger partial charge in [0.15, 0.2) is 0 Å². The van der Waals surface area contributed by atoms with Crippen LogP contribution in [0.25, 0.3) is 0 Å².